The summed E-state index contributed by atoms with van der Waals surface area (Å²) in [6, 6.07) is 0. The lowest BCUT2D eigenvalue weighted by Gasteiger charge is -2.08. The number of fused-ring (bicyclic) bond motifs is 1. The zero-order chi connectivity index (χ0) is 11.2. The summed E-state index contributed by atoms with van der Waals surface area (Å²) in [4.78, 5) is 8.63. The number of halogens is 1. The number of aromatic nitrogens is 2. The molecule has 1 heterocycles. The van der Waals surface area contributed by atoms with E-state index in [1.54, 1.807) is 6.33 Å². The largest absolute Gasteiger partial charge is 0.370 e. The molecule has 16 heavy (non-hydrogen) atoms. The summed E-state index contributed by atoms with van der Waals surface area (Å²) in [6.45, 7) is 0.986. The van der Waals surface area contributed by atoms with Gasteiger partial charge >= 0.3 is 0 Å². The summed E-state index contributed by atoms with van der Waals surface area (Å²) in [6.07, 6.45) is 8.57. The average Bonchev–Trinajstić information content (AvgIpc) is 2.77. The van der Waals surface area contributed by atoms with Gasteiger partial charge in [0, 0.05) is 23.7 Å². The Bertz CT molecular complexity index is 341. The van der Waals surface area contributed by atoms with Crippen LogP contribution >= 0.6 is 11.6 Å². The highest BCUT2D eigenvalue weighted by atomic mass is 35.5. The number of hydrogen-bond acceptors (Lipinski definition) is 3. The second-order valence-corrected chi connectivity index (χ2v) is 4.56. The predicted octanol–water partition coefficient (Wildman–Crippen LogP) is 2.79. The minimum atomic E-state index is 0.767. The molecule has 0 amide bonds. The van der Waals surface area contributed by atoms with Crippen LogP contribution in [0.2, 0.25) is 0 Å². The average molecular weight is 240 g/mol. The minimum Gasteiger partial charge on any atom is -0.370 e. The summed E-state index contributed by atoms with van der Waals surface area (Å²) in [7, 11) is 0. The van der Waals surface area contributed by atoms with Crippen molar-refractivity contribution < 1.29 is 0 Å². The molecule has 0 bridgehead atoms. The Morgan fingerprint density at radius 2 is 2.12 bits per heavy atom. The molecule has 1 aliphatic carbocycles. The van der Waals surface area contributed by atoms with Gasteiger partial charge in [-0.25, -0.2) is 9.97 Å². The molecule has 0 atom stereocenters. The van der Waals surface area contributed by atoms with E-state index in [-0.39, 0.29) is 0 Å². The van der Waals surface area contributed by atoms with E-state index in [1.807, 2.05) is 0 Å². The van der Waals surface area contributed by atoms with E-state index >= 15 is 0 Å². The third kappa shape index (κ3) is 2.85. The minimum absolute atomic E-state index is 0.767. The fourth-order valence-electron chi connectivity index (χ4n) is 2.11. The van der Waals surface area contributed by atoms with E-state index in [0.717, 1.165) is 43.9 Å². The van der Waals surface area contributed by atoms with Crippen LogP contribution in [0.4, 0.5) is 5.82 Å². The molecule has 1 aliphatic rings. The lowest BCUT2D eigenvalue weighted by atomic mass is 10.2. The number of nitrogens with zero attached hydrogens (tertiary/aromatic N) is 2. The molecule has 0 fully saturated rings. The van der Waals surface area contributed by atoms with Gasteiger partial charge in [-0.05, 0) is 32.1 Å². The van der Waals surface area contributed by atoms with Gasteiger partial charge in [0.2, 0.25) is 0 Å². The number of hydrogen-bond donors (Lipinski definition) is 1. The molecular weight excluding hydrogens is 222 g/mol. The number of alkyl halides is 1. The van der Waals surface area contributed by atoms with E-state index in [2.05, 4.69) is 15.3 Å². The molecule has 1 aromatic heterocycles. The summed E-state index contributed by atoms with van der Waals surface area (Å²) in [5.74, 6) is 1.82. The Morgan fingerprint density at radius 1 is 1.19 bits per heavy atom. The predicted molar refractivity (Wildman–Crippen MR) is 67.1 cm³/mol. The molecule has 1 N–H and O–H groups in total. The topological polar surface area (TPSA) is 37.8 Å². The number of unbranched alkanes of at least 4 members (excludes halogenated alkanes) is 2. The Labute approximate surface area is 102 Å². The molecule has 0 unspecified atom stereocenters. The monoisotopic (exact) mass is 239 g/mol. The molecule has 1 aromatic rings. The quantitative estimate of drug-likeness (QED) is 0.613. The summed E-state index contributed by atoms with van der Waals surface area (Å²) in [5.41, 5.74) is 2.57. The summed E-state index contributed by atoms with van der Waals surface area (Å²) >= 11 is 5.63. The molecule has 4 heteroatoms. The van der Waals surface area contributed by atoms with Gasteiger partial charge in [-0.2, -0.15) is 0 Å². The maximum atomic E-state index is 5.63. The van der Waals surface area contributed by atoms with Crippen molar-refractivity contribution in [1.29, 1.82) is 0 Å². The molecule has 0 radical (unpaired) electrons. The number of rotatable bonds is 6. The molecule has 0 spiro atoms. The molecule has 88 valence electrons. The first kappa shape index (κ1) is 11.6. The Hall–Kier alpha value is -0.830. The van der Waals surface area contributed by atoms with E-state index in [0.29, 0.717) is 0 Å². The van der Waals surface area contributed by atoms with Crippen molar-refractivity contribution in [3.8, 4) is 0 Å². The number of nitrogens with one attached hydrogen (secondary N) is 1. The van der Waals surface area contributed by atoms with Gasteiger partial charge in [-0.15, -0.1) is 11.6 Å². The Balaban J connectivity index is 1.83. The van der Waals surface area contributed by atoms with Crippen LogP contribution in [0.15, 0.2) is 6.33 Å². The lowest BCUT2D eigenvalue weighted by Crippen LogP contribution is -2.07. The third-order valence-corrected chi connectivity index (χ3v) is 3.25. The number of anilines is 1. The second-order valence-electron chi connectivity index (χ2n) is 4.18. The SMILES string of the molecule is ClCCCCCNc1ncnc2c1CCC2. The standard InChI is InChI=1S/C12H18ClN3/c13-7-2-1-3-8-14-12-10-5-4-6-11(10)15-9-16-12/h9H,1-8H2,(H,14,15,16). The Kier molecular flexibility index (Phi) is 4.40. The van der Waals surface area contributed by atoms with Crippen LogP contribution in [0.1, 0.15) is 36.9 Å². The van der Waals surface area contributed by atoms with Crippen LogP contribution in [0.3, 0.4) is 0 Å². The highest BCUT2D eigenvalue weighted by Crippen LogP contribution is 2.24. The van der Waals surface area contributed by atoms with E-state index < -0.39 is 0 Å². The van der Waals surface area contributed by atoms with Gasteiger partial charge in [-0.1, -0.05) is 6.42 Å². The van der Waals surface area contributed by atoms with E-state index in [1.165, 1.54) is 24.1 Å². The van der Waals surface area contributed by atoms with Crippen LogP contribution in [0.25, 0.3) is 0 Å². The molecular formula is C12H18ClN3. The third-order valence-electron chi connectivity index (χ3n) is 2.98. The molecule has 0 aromatic carbocycles. The van der Waals surface area contributed by atoms with Crippen molar-refractivity contribution >= 4 is 17.4 Å². The highest BCUT2D eigenvalue weighted by molar-refractivity contribution is 6.17. The van der Waals surface area contributed by atoms with Crippen molar-refractivity contribution in [3.05, 3.63) is 17.6 Å². The van der Waals surface area contributed by atoms with Gasteiger partial charge in [0.05, 0.1) is 0 Å². The van der Waals surface area contributed by atoms with Crippen molar-refractivity contribution in [2.45, 2.75) is 38.5 Å². The van der Waals surface area contributed by atoms with Crippen LogP contribution < -0.4 is 5.32 Å². The molecule has 2 rings (SSSR count). The molecule has 0 saturated heterocycles. The fourth-order valence-corrected chi connectivity index (χ4v) is 2.30. The van der Waals surface area contributed by atoms with Crippen LogP contribution in [0, 0.1) is 0 Å². The van der Waals surface area contributed by atoms with Gasteiger partial charge in [0.15, 0.2) is 0 Å². The normalized spacial score (nSPS) is 13.8. The van der Waals surface area contributed by atoms with E-state index in [4.69, 9.17) is 11.6 Å². The maximum absolute atomic E-state index is 5.63. The molecule has 0 saturated carbocycles. The zero-order valence-corrected chi connectivity index (χ0v) is 10.3. The highest BCUT2D eigenvalue weighted by Gasteiger charge is 2.16. The molecule has 3 nitrogen and oxygen atoms in total. The number of aryl methyl sites for hydroxylation is 1. The van der Waals surface area contributed by atoms with Crippen molar-refractivity contribution in [2.75, 3.05) is 17.7 Å². The fraction of sp³-hybridized carbons (Fsp3) is 0.667. The van der Waals surface area contributed by atoms with Crippen LogP contribution in [-0.2, 0) is 12.8 Å². The van der Waals surface area contributed by atoms with Crippen LogP contribution in [0.5, 0.6) is 0 Å². The summed E-state index contributed by atoms with van der Waals surface area (Å²) in [5, 5.41) is 3.41. The summed E-state index contributed by atoms with van der Waals surface area (Å²) < 4.78 is 0. The van der Waals surface area contributed by atoms with Gasteiger partial charge in [0.1, 0.15) is 12.1 Å². The molecule has 0 aliphatic heterocycles. The maximum Gasteiger partial charge on any atom is 0.132 e. The van der Waals surface area contributed by atoms with Crippen molar-refractivity contribution in [1.82, 2.24) is 9.97 Å². The van der Waals surface area contributed by atoms with E-state index in [9.17, 15) is 0 Å². The lowest BCUT2D eigenvalue weighted by molar-refractivity contribution is 0.745. The van der Waals surface area contributed by atoms with Gasteiger partial charge in [-0.3, -0.25) is 0 Å². The smallest absolute Gasteiger partial charge is 0.132 e. The van der Waals surface area contributed by atoms with Gasteiger partial charge in [0.25, 0.3) is 0 Å². The first-order valence-corrected chi connectivity index (χ1v) is 6.58. The second kappa shape index (κ2) is 6.04. The van der Waals surface area contributed by atoms with Crippen LogP contribution in [-0.4, -0.2) is 22.4 Å². The van der Waals surface area contributed by atoms with Crippen molar-refractivity contribution in [3.63, 3.8) is 0 Å². The Morgan fingerprint density at radius 3 is 3.00 bits per heavy atom. The first-order chi connectivity index (χ1) is 7.92. The van der Waals surface area contributed by atoms with Crippen molar-refractivity contribution in [2.24, 2.45) is 0 Å². The first-order valence-electron chi connectivity index (χ1n) is 6.04. The zero-order valence-electron chi connectivity index (χ0n) is 9.51. The van der Waals surface area contributed by atoms with Gasteiger partial charge < -0.3 is 5.32 Å².